The van der Waals surface area contributed by atoms with E-state index in [0.717, 1.165) is 30.6 Å². The highest BCUT2D eigenvalue weighted by Gasteiger charge is 2.63. The smallest absolute Gasteiger partial charge is 0.305 e. The Morgan fingerprint density at radius 1 is 1.11 bits per heavy atom. The molecule has 0 aliphatic heterocycles. The first-order chi connectivity index (χ1) is 13.3. The lowest BCUT2D eigenvalue weighted by atomic mass is 9.44. The number of aliphatic hydroxyl groups is 1. The van der Waals surface area contributed by atoms with Gasteiger partial charge in [0.1, 0.15) is 0 Å². The second-order valence-electron chi connectivity index (χ2n) is 11.3. The standard InChI is InChI=1S/C25H42O3/c1-16(8-13-23(27)28-4)19-11-12-20-18-10-9-17-7-5-6-14-24(17,2)21(18)15-22(26)25(19,20)3/h16-22,26H,5-15H2,1-4H3/t16-,17-,18-,19+,20+,21-,22-,24-,25+/m0/s1. The highest BCUT2D eigenvalue weighted by molar-refractivity contribution is 5.69. The van der Waals surface area contributed by atoms with E-state index in [4.69, 9.17) is 4.74 Å². The second-order valence-corrected chi connectivity index (χ2v) is 11.3. The van der Waals surface area contributed by atoms with Gasteiger partial charge in [-0.15, -0.1) is 0 Å². The van der Waals surface area contributed by atoms with Gasteiger partial charge < -0.3 is 9.84 Å². The first-order valence-electron chi connectivity index (χ1n) is 12.1. The number of carbonyl (C=O) groups is 1. The largest absolute Gasteiger partial charge is 0.469 e. The molecule has 0 spiro atoms. The van der Waals surface area contributed by atoms with Crippen molar-refractivity contribution in [1.82, 2.24) is 0 Å². The quantitative estimate of drug-likeness (QED) is 0.636. The van der Waals surface area contributed by atoms with Crippen LogP contribution in [0.4, 0.5) is 0 Å². The molecule has 0 aromatic carbocycles. The first-order valence-corrected chi connectivity index (χ1v) is 12.1. The third kappa shape index (κ3) is 3.06. The van der Waals surface area contributed by atoms with Crippen LogP contribution in [0.15, 0.2) is 0 Å². The molecule has 9 atom stereocenters. The summed E-state index contributed by atoms with van der Waals surface area (Å²) in [5, 5.41) is 11.5. The van der Waals surface area contributed by atoms with E-state index in [0.29, 0.717) is 29.6 Å². The van der Waals surface area contributed by atoms with Gasteiger partial charge in [-0.1, -0.05) is 33.6 Å². The molecule has 4 saturated carbocycles. The molecule has 3 heteroatoms. The lowest BCUT2D eigenvalue weighted by Gasteiger charge is -2.62. The van der Waals surface area contributed by atoms with Crippen molar-refractivity contribution in [2.24, 2.45) is 46.3 Å². The molecule has 160 valence electrons. The highest BCUT2D eigenvalue weighted by Crippen LogP contribution is 2.68. The Labute approximate surface area is 172 Å². The topological polar surface area (TPSA) is 46.5 Å². The minimum Gasteiger partial charge on any atom is -0.469 e. The summed E-state index contributed by atoms with van der Waals surface area (Å²) in [6.45, 7) is 7.29. The van der Waals surface area contributed by atoms with Crippen LogP contribution in [0.2, 0.25) is 0 Å². The van der Waals surface area contributed by atoms with Crippen molar-refractivity contribution in [3.05, 3.63) is 0 Å². The number of hydrogen-bond acceptors (Lipinski definition) is 3. The van der Waals surface area contributed by atoms with Crippen LogP contribution in [-0.4, -0.2) is 24.3 Å². The number of rotatable bonds is 4. The number of fused-ring (bicyclic) bond motifs is 5. The van der Waals surface area contributed by atoms with E-state index < -0.39 is 0 Å². The molecule has 4 aliphatic carbocycles. The lowest BCUT2D eigenvalue weighted by Crippen LogP contribution is -2.58. The van der Waals surface area contributed by atoms with Crippen LogP contribution in [-0.2, 0) is 9.53 Å². The fraction of sp³-hybridized carbons (Fsp3) is 0.960. The van der Waals surface area contributed by atoms with Gasteiger partial charge in [0, 0.05) is 6.42 Å². The van der Waals surface area contributed by atoms with Crippen molar-refractivity contribution in [3.63, 3.8) is 0 Å². The van der Waals surface area contributed by atoms with Crippen LogP contribution in [0, 0.1) is 46.3 Å². The number of ether oxygens (including phenoxy) is 1. The van der Waals surface area contributed by atoms with Gasteiger partial charge in [-0.05, 0) is 97.7 Å². The van der Waals surface area contributed by atoms with Crippen LogP contribution < -0.4 is 0 Å². The fourth-order valence-electron chi connectivity index (χ4n) is 8.87. The maximum Gasteiger partial charge on any atom is 0.305 e. The third-order valence-electron chi connectivity index (χ3n) is 10.5. The summed E-state index contributed by atoms with van der Waals surface area (Å²) in [5.41, 5.74) is 0.507. The molecule has 1 N–H and O–H groups in total. The van der Waals surface area contributed by atoms with E-state index in [-0.39, 0.29) is 17.5 Å². The highest BCUT2D eigenvalue weighted by atomic mass is 16.5. The summed E-state index contributed by atoms with van der Waals surface area (Å²) in [6, 6.07) is 0. The van der Waals surface area contributed by atoms with Crippen molar-refractivity contribution in [3.8, 4) is 0 Å². The van der Waals surface area contributed by atoms with Gasteiger partial charge in [-0.2, -0.15) is 0 Å². The van der Waals surface area contributed by atoms with Gasteiger partial charge in [-0.3, -0.25) is 4.79 Å². The Morgan fingerprint density at radius 2 is 1.89 bits per heavy atom. The van der Waals surface area contributed by atoms with Gasteiger partial charge in [0.05, 0.1) is 13.2 Å². The monoisotopic (exact) mass is 390 g/mol. The normalized spacial score (nSPS) is 48.9. The van der Waals surface area contributed by atoms with Crippen LogP contribution in [0.3, 0.4) is 0 Å². The molecular formula is C25H42O3. The molecule has 0 bridgehead atoms. The Bertz CT molecular complexity index is 588. The molecule has 4 aliphatic rings. The number of methoxy groups -OCH3 is 1. The average Bonchev–Trinajstić information content (AvgIpc) is 3.05. The van der Waals surface area contributed by atoms with Crippen LogP contribution in [0.1, 0.15) is 91.4 Å². The van der Waals surface area contributed by atoms with Gasteiger partial charge in [0.25, 0.3) is 0 Å². The lowest BCUT2D eigenvalue weighted by molar-refractivity contribution is -0.168. The maximum absolute atomic E-state index is 11.6. The number of esters is 1. The Morgan fingerprint density at radius 3 is 2.64 bits per heavy atom. The molecule has 0 amide bonds. The van der Waals surface area contributed by atoms with Gasteiger partial charge in [-0.25, -0.2) is 0 Å². The molecule has 0 heterocycles. The Hall–Kier alpha value is -0.570. The van der Waals surface area contributed by atoms with Crippen molar-refractivity contribution in [2.75, 3.05) is 7.11 Å². The summed E-state index contributed by atoms with van der Waals surface area (Å²) in [5.74, 6) is 4.02. The number of aliphatic hydroxyl groups excluding tert-OH is 1. The van der Waals surface area contributed by atoms with E-state index in [1.807, 2.05) is 0 Å². The average molecular weight is 391 g/mol. The predicted octanol–water partition coefficient (Wildman–Crippen LogP) is 5.60. The zero-order valence-corrected chi connectivity index (χ0v) is 18.6. The molecule has 0 unspecified atom stereocenters. The molecule has 0 radical (unpaired) electrons. The van der Waals surface area contributed by atoms with Crippen LogP contribution in [0.5, 0.6) is 0 Å². The maximum atomic E-state index is 11.6. The summed E-state index contributed by atoms with van der Waals surface area (Å²) < 4.78 is 4.86. The Kier molecular flexibility index (Phi) is 5.61. The van der Waals surface area contributed by atoms with Crippen molar-refractivity contribution in [1.29, 1.82) is 0 Å². The van der Waals surface area contributed by atoms with Gasteiger partial charge in [0.15, 0.2) is 0 Å². The fourth-order valence-corrected chi connectivity index (χ4v) is 8.87. The van der Waals surface area contributed by atoms with Gasteiger partial charge >= 0.3 is 5.97 Å². The minimum atomic E-state index is -0.177. The van der Waals surface area contributed by atoms with E-state index in [1.165, 1.54) is 58.5 Å². The third-order valence-corrected chi connectivity index (χ3v) is 10.5. The second kappa shape index (κ2) is 7.60. The summed E-state index contributed by atoms with van der Waals surface area (Å²) in [6.07, 6.45) is 13.2. The van der Waals surface area contributed by atoms with E-state index in [1.54, 1.807) is 0 Å². The van der Waals surface area contributed by atoms with Crippen LogP contribution in [0.25, 0.3) is 0 Å². The summed E-state index contributed by atoms with van der Waals surface area (Å²) in [4.78, 5) is 11.6. The molecule has 0 aromatic heterocycles. The SMILES string of the molecule is COC(=O)CC[C@H](C)[C@H]1CC[C@@H]2[C@@H]3CC[C@@H]4CCCC[C@]4(C)[C@H]3C[C@H](O)[C@@]21C. The molecule has 4 rings (SSSR count). The van der Waals surface area contributed by atoms with Crippen molar-refractivity contribution < 1.29 is 14.6 Å². The molecule has 0 saturated heterocycles. The van der Waals surface area contributed by atoms with Crippen molar-refractivity contribution >= 4 is 5.97 Å². The molecular weight excluding hydrogens is 348 g/mol. The zero-order chi connectivity index (χ0) is 20.1. The molecule has 3 nitrogen and oxygen atoms in total. The summed E-state index contributed by atoms with van der Waals surface area (Å²) in [7, 11) is 1.48. The van der Waals surface area contributed by atoms with Gasteiger partial charge in [0.2, 0.25) is 0 Å². The Balaban J connectivity index is 1.54. The minimum absolute atomic E-state index is 0.0363. The van der Waals surface area contributed by atoms with Crippen molar-refractivity contribution in [2.45, 2.75) is 97.5 Å². The number of carbonyl (C=O) groups excluding carboxylic acids is 1. The molecule has 0 aromatic rings. The number of hydrogen-bond donors (Lipinski definition) is 1. The predicted molar refractivity (Wildman–Crippen MR) is 112 cm³/mol. The van der Waals surface area contributed by atoms with Crippen LogP contribution >= 0.6 is 0 Å². The van der Waals surface area contributed by atoms with E-state index in [9.17, 15) is 9.90 Å². The van der Waals surface area contributed by atoms with E-state index >= 15 is 0 Å². The molecule has 28 heavy (non-hydrogen) atoms. The zero-order valence-electron chi connectivity index (χ0n) is 18.6. The molecule has 4 fully saturated rings. The summed E-state index contributed by atoms with van der Waals surface area (Å²) >= 11 is 0. The first kappa shape index (κ1) is 20.7. The van der Waals surface area contributed by atoms with E-state index in [2.05, 4.69) is 20.8 Å².